The minimum absolute atomic E-state index is 0.257. The molecule has 22 heavy (non-hydrogen) atoms. The fraction of sp³-hybridized carbons (Fsp3) is 0. The Morgan fingerprint density at radius 2 is 2.00 bits per heavy atom. The number of nitrogens with zero attached hydrogens (tertiary/aromatic N) is 2. The fourth-order valence-electron chi connectivity index (χ4n) is 1.80. The number of hydrogen-bond donors (Lipinski definition) is 1. The molecule has 2 heterocycles. The van der Waals surface area contributed by atoms with E-state index in [1.807, 2.05) is 29.6 Å². The standard InChI is InChI=1S/C15H9ClIN3OS/c16-13-7-10(5-6-18-13)14(21)20-15-19-12(8-22-15)9-1-3-11(17)4-2-9/h1-8H,(H,19,20,21). The average Bonchev–Trinajstić information content (AvgIpc) is 2.96. The summed E-state index contributed by atoms with van der Waals surface area (Å²) in [5.74, 6) is -0.257. The van der Waals surface area contributed by atoms with Crippen LogP contribution in [0.25, 0.3) is 11.3 Å². The van der Waals surface area contributed by atoms with Crippen LogP contribution in [-0.2, 0) is 0 Å². The molecule has 2 aromatic heterocycles. The summed E-state index contributed by atoms with van der Waals surface area (Å²) < 4.78 is 1.17. The number of amides is 1. The maximum atomic E-state index is 12.1. The van der Waals surface area contributed by atoms with Crippen LogP contribution in [0.5, 0.6) is 0 Å². The quantitative estimate of drug-likeness (QED) is 0.473. The van der Waals surface area contributed by atoms with E-state index in [0.29, 0.717) is 10.7 Å². The van der Waals surface area contributed by atoms with Gasteiger partial charge in [0.25, 0.3) is 5.91 Å². The molecule has 0 aliphatic carbocycles. The number of carbonyl (C=O) groups excluding carboxylic acids is 1. The Bertz CT molecular complexity index is 820. The number of nitrogens with one attached hydrogen (secondary N) is 1. The van der Waals surface area contributed by atoms with Crippen molar-refractivity contribution >= 4 is 56.6 Å². The maximum absolute atomic E-state index is 12.1. The van der Waals surface area contributed by atoms with Crippen molar-refractivity contribution < 1.29 is 4.79 Å². The zero-order valence-electron chi connectivity index (χ0n) is 11.1. The summed E-state index contributed by atoms with van der Waals surface area (Å²) in [5.41, 5.74) is 2.31. The molecule has 0 bridgehead atoms. The van der Waals surface area contributed by atoms with Crippen molar-refractivity contribution in [3.63, 3.8) is 0 Å². The number of pyridine rings is 1. The Labute approximate surface area is 149 Å². The Balaban J connectivity index is 1.77. The molecule has 4 nitrogen and oxygen atoms in total. The Hall–Kier alpha value is -1.51. The molecule has 0 unspecified atom stereocenters. The van der Waals surface area contributed by atoms with Gasteiger partial charge < -0.3 is 0 Å². The molecule has 0 atom stereocenters. The zero-order valence-corrected chi connectivity index (χ0v) is 14.8. The molecule has 3 aromatic rings. The Morgan fingerprint density at radius 3 is 2.73 bits per heavy atom. The maximum Gasteiger partial charge on any atom is 0.257 e. The third-order valence-corrected chi connectivity index (χ3v) is 4.54. The summed E-state index contributed by atoms with van der Waals surface area (Å²) in [6.45, 7) is 0. The van der Waals surface area contributed by atoms with Crippen LogP contribution in [0, 0.1) is 3.57 Å². The minimum Gasteiger partial charge on any atom is -0.298 e. The molecule has 0 fully saturated rings. The van der Waals surface area contributed by atoms with E-state index >= 15 is 0 Å². The number of rotatable bonds is 3. The van der Waals surface area contributed by atoms with E-state index in [1.54, 1.807) is 6.07 Å². The van der Waals surface area contributed by atoms with E-state index in [-0.39, 0.29) is 11.1 Å². The van der Waals surface area contributed by atoms with Gasteiger partial charge >= 0.3 is 0 Å². The second-order valence-corrected chi connectivity index (χ2v) is 6.86. The highest BCUT2D eigenvalue weighted by Crippen LogP contribution is 2.25. The monoisotopic (exact) mass is 441 g/mol. The van der Waals surface area contributed by atoms with E-state index in [0.717, 1.165) is 11.3 Å². The van der Waals surface area contributed by atoms with Crippen molar-refractivity contribution in [2.75, 3.05) is 5.32 Å². The van der Waals surface area contributed by atoms with Crippen LogP contribution in [0.15, 0.2) is 48.0 Å². The Kier molecular flexibility index (Phi) is 4.70. The number of aromatic nitrogens is 2. The highest BCUT2D eigenvalue weighted by molar-refractivity contribution is 14.1. The van der Waals surface area contributed by atoms with Crippen molar-refractivity contribution in [2.24, 2.45) is 0 Å². The second kappa shape index (κ2) is 6.72. The lowest BCUT2D eigenvalue weighted by atomic mass is 10.2. The van der Waals surface area contributed by atoms with E-state index in [2.05, 4.69) is 37.9 Å². The van der Waals surface area contributed by atoms with E-state index in [4.69, 9.17) is 11.6 Å². The van der Waals surface area contributed by atoms with Gasteiger partial charge in [0.1, 0.15) is 5.15 Å². The van der Waals surface area contributed by atoms with Gasteiger partial charge in [0.15, 0.2) is 5.13 Å². The molecule has 110 valence electrons. The summed E-state index contributed by atoms with van der Waals surface area (Å²) in [6.07, 6.45) is 1.50. The molecule has 1 N–H and O–H groups in total. The van der Waals surface area contributed by atoms with Gasteiger partial charge in [0.05, 0.1) is 5.69 Å². The van der Waals surface area contributed by atoms with Crippen molar-refractivity contribution in [2.45, 2.75) is 0 Å². The van der Waals surface area contributed by atoms with Gasteiger partial charge in [-0.15, -0.1) is 11.3 Å². The number of carbonyl (C=O) groups is 1. The predicted molar refractivity (Wildman–Crippen MR) is 97.5 cm³/mol. The second-order valence-electron chi connectivity index (χ2n) is 4.37. The number of hydrogen-bond acceptors (Lipinski definition) is 4. The van der Waals surface area contributed by atoms with Crippen LogP contribution in [0.3, 0.4) is 0 Å². The number of anilines is 1. The van der Waals surface area contributed by atoms with Crippen LogP contribution in [0.4, 0.5) is 5.13 Å². The third kappa shape index (κ3) is 3.63. The first-order chi connectivity index (χ1) is 10.6. The molecule has 0 spiro atoms. The molecule has 7 heteroatoms. The SMILES string of the molecule is O=C(Nc1nc(-c2ccc(I)cc2)cs1)c1ccnc(Cl)c1. The van der Waals surface area contributed by atoms with Crippen molar-refractivity contribution in [1.29, 1.82) is 0 Å². The minimum atomic E-state index is -0.257. The molecule has 1 amide bonds. The number of thiazole rings is 1. The third-order valence-electron chi connectivity index (χ3n) is 2.85. The molecule has 0 saturated heterocycles. The number of benzene rings is 1. The predicted octanol–water partition coefficient (Wildman–Crippen LogP) is 4.72. The molecule has 3 rings (SSSR count). The van der Waals surface area contributed by atoms with Gasteiger partial charge in [0.2, 0.25) is 0 Å². The van der Waals surface area contributed by atoms with Crippen molar-refractivity contribution in [3.05, 3.63) is 62.3 Å². The first-order valence-corrected chi connectivity index (χ1v) is 8.60. The summed E-state index contributed by atoms with van der Waals surface area (Å²) in [7, 11) is 0. The summed E-state index contributed by atoms with van der Waals surface area (Å²) in [5, 5.41) is 5.51. The van der Waals surface area contributed by atoms with Gasteiger partial charge in [-0.1, -0.05) is 23.7 Å². The lowest BCUT2D eigenvalue weighted by Gasteiger charge is -2.01. The van der Waals surface area contributed by atoms with Crippen LogP contribution in [0.1, 0.15) is 10.4 Å². The van der Waals surface area contributed by atoms with Crippen LogP contribution in [-0.4, -0.2) is 15.9 Å². The summed E-state index contributed by atoms with van der Waals surface area (Å²) >= 11 is 9.42. The smallest absolute Gasteiger partial charge is 0.257 e. The van der Waals surface area contributed by atoms with Gasteiger partial charge in [-0.3, -0.25) is 10.1 Å². The Morgan fingerprint density at radius 1 is 1.23 bits per heavy atom. The van der Waals surface area contributed by atoms with E-state index in [1.165, 1.54) is 27.2 Å². The molecule has 0 radical (unpaired) electrons. The molecule has 0 saturated carbocycles. The van der Waals surface area contributed by atoms with Crippen molar-refractivity contribution in [1.82, 2.24) is 9.97 Å². The van der Waals surface area contributed by atoms with Crippen molar-refractivity contribution in [3.8, 4) is 11.3 Å². The van der Waals surface area contributed by atoms with Crippen LogP contribution in [0.2, 0.25) is 5.15 Å². The highest BCUT2D eigenvalue weighted by Gasteiger charge is 2.10. The first kappa shape index (κ1) is 15.4. The van der Waals surface area contributed by atoms with Crippen LogP contribution < -0.4 is 5.32 Å². The summed E-state index contributed by atoms with van der Waals surface area (Å²) in [4.78, 5) is 20.4. The van der Waals surface area contributed by atoms with Gasteiger partial charge in [-0.05, 0) is 46.9 Å². The summed E-state index contributed by atoms with van der Waals surface area (Å²) in [6, 6.07) is 11.2. The van der Waals surface area contributed by atoms with Gasteiger partial charge in [-0.25, -0.2) is 9.97 Å². The number of halogens is 2. The fourth-order valence-corrected chi connectivity index (χ4v) is 3.05. The highest BCUT2D eigenvalue weighted by atomic mass is 127. The topological polar surface area (TPSA) is 54.9 Å². The first-order valence-electron chi connectivity index (χ1n) is 6.26. The normalized spacial score (nSPS) is 10.5. The van der Waals surface area contributed by atoms with Gasteiger partial charge in [-0.2, -0.15) is 0 Å². The van der Waals surface area contributed by atoms with E-state index in [9.17, 15) is 4.79 Å². The zero-order chi connectivity index (χ0) is 15.5. The lowest BCUT2D eigenvalue weighted by Crippen LogP contribution is -2.11. The largest absolute Gasteiger partial charge is 0.298 e. The molecule has 0 aliphatic rings. The molecule has 0 aliphatic heterocycles. The molecular weight excluding hydrogens is 433 g/mol. The molecule has 1 aromatic carbocycles. The lowest BCUT2D eigenvalue weighted by molar-refractivity contribution is 0.102. The van der Waals surface area contributed by atoms with Crippen LogP contribution >= 0.6 is 45.5 Å². The van der Waals surface area contributed by atoms with E-state index < -0.39 is 0 Å². The molecular formula is C15H9ClIN3OS. The van der Waals surface area contributed by atoms with Gasteiger partial charge in [0, 0.05) is 26.3 Å². The average molecular weight is 442 g/mol.